The van der Waals surface area contributed by atoms with Crippen molar-refractivity contribution in [3.63, 3.8) is 0 Å². The highest BCUT2D eigenvalue weighted by atomic mass is 16.6. The number of β-amino-alcohol motifs (C(OH)–C–C–N with tert-alkyl or cyclic N) is 1. The summed E-state index contributed by atoms with van der Waals surface area (Å²) in [6.07, 6.45) is 7.10. The molecule has 0 bridgehead atoms. The number of aliphatic hydroxyl groups is 1. The molecule has 0 aromatic heterocycles. The molecule has 8 heteroatoms. The molecule has 2 saturated heterocycles. The van der Waals surface area contributed by atoms with Crippen LogP contribution in [-0.4, -0.2) is 81.8 Å². The van der Waals surface area contributed by atoms with Crippen LogP contribution in [0.2, 0.25) is 0 Å². The van der Waals surface area contributed by atoms with E-state index in [0.717, 1.165) is 0 Å². The third-order valence-electron chi connectivity index (χ3n) is 6.46. The molecule has 2 fully saturated rings. The van der Waals surface area contributed by atoms with Crippen LogP contribution in [0.3, 0.4) is 0 Å². The van der Waals surface area contributed by atoms with Crippen molar-refractivity contribution in [2.75, 3.05) is 26.3 Å². The highest BCUT2D eigenvalue weighted by Gasteiger charge is 2.74. The van der Waals surface area contributed by atoms with Gasteiger partial charge in [0.2, 0.25) is 11.8 Å². The van der Waals surface area contributed by atoms with E-state index in [-0.39, 0.29) is 31.6 Å². The summed E-state index contributed by atoms with van der Waals surface area (Å²) in [5, 5.41) is 9.58. The van der Waals surface area contributed by atoms with E-state index in [1.165, 1.54) is 4.90 Å². The van der Waals surface area contributed by atoms with Crippen molar-refractivity contribution in [1.29, 1.82) is 0 Å². The predicted molar refractivity (Wildman–Crippen MR) is 102 cm³/mol. The summed E-state index contributed by atoms with van der Waals surface area (Å²) in [5.41, 5.74) is -2.81. The molecular formula is C21H28N2O6. The largest absolute Gasteiger partial charge is 0.461 e. The van der Waals surface area contributed by atoms with Gasteiger partial charge in [0.05, 0.1) is 18.1 Å². The minimum atomic E-state index is -1.29. The van der Waals surface area contributed by atoms with E-state index in [1.54, 1.807) is 30.1 Å². The second kappa shape index (κ2) is 6.40. The average molecular weight is 404 g/mol. The van der Waals surface area contributed by atoms with Crippen molar-refractivity contribution in [3.05, 3.63) is 24.3 Å². The van der Waals surface area contributed by atoms with E-state index in [2.05, 4.69) is 0 Å². The number of cyclic esters (lactones) is 1. The van der Waals surface area contributed by atoms with Gasteiger partial charge in [-0.1, -0.05) is 18.2 Å². The number of amides is 2. The number of carbonyl (C=O) groups excluding carboxylic acids is 3. The van der Waals surface area contributed by atoms with Crippen molar-refractivity contribution in [3.8, 4) is 0 Å². The molecule has 1 N–H and O–H groups in total. The lowest BCUT2D eigenvalue weighted by atomic mass is 9.74. The smallest absolute Gasteiger partial charge is 0.313 e. The number of hydrogen-bond donors (Lipinski definition) is 1. The lowest BCUT2D eigenvalue weighted by Gasteiger charge is -2.41. The Balaban J connectivity index is 1.89. The van der Waals surface area contributed by atoms with Crippen LogP contribution in [0, 0.1) is 11.8 Å². The van der Waals surface area contributed by atoms with E-state index < -0.39 is 40.6 Å². The number of hydrogen-bond acceptors (Lipinski definition) is 6. The lowest BCUT2D eigenvalue weighted by Crippen LogP contribution is -2.59. The minimum absolute atomic E-state index is 0.00298. The first-order valence-corrected chi connectivity index (χ1v) is 10.0. The average Bonchev–Trinajstić information content (AvgIpc) is 2.85. The number of esters is 1. The SMILES string of the molecule is CC(C)(C)N1CC=C[C@]23O[C@@]4(C)C=CCOC(=O)[C@H]4[C@H]2C(=O)N(CCO)C3C1=O. The van der Waals surface area contributed by atoms with E-state index in [9.17, 15) is 19.5 Å². The molecule has 4 aliphatic heterocycles. The maximum atomic E-state index is 13.7. The normalized spacial score (nSPS) is 39.1. The maximum Gasteiger partial charge on any atom is 0.313 e. The standard InChI is InChI=1S/C21H28N2O6/c1-19(2,3)23-9-5-8-21-13(16(25)22(10-11-24)15(21)17(23)26)14-18(27)28-12-6-7-20(14,4)29-21/h5-8,13-15,24H,9-12H2,1-4H3/t13-,14+,15?,20-,21-/m0/s1. The van der Waals surface area contributed by atoms with Crippen LogP contribution in [0.15, 0.2) is 24.3 Å². The molecule has 2 amide bonds. The van der Waals surface area contributed by atoms with Gasteiger partial charge in [-0.25, -0.2) is 0 Å². The quantitative estimate of drug-likeness (QED) is 0.524. The van der Waals surface area contributed by atoms with Gasteiger partial charge in [-0.05, 0) is 33.8 Å². The van der Waals surface area contributed by atoms with Gasteiger partial charge in [-0.2, -0.15) is 0 Å². The third-order valence-corrected chi connectivity index (χ3v) is 6.46. The fourth-order valence-electron chi connectivity index (χ4n) is 5.31. The number of nitrogens with zero attached hydrogens (tertiary/aromatic N) is 2. The van der Waals surface area contributed by atoms with E-state index >= 15 is 0 Å². The third kappa shape index (κ3) is 2.69. The van der Waals surface area contributed by atoms with Gasteiger partial charge in [0.25, 0.3) is 0 Å². The molecule has 29 heavy (non-hydrogen) atoms. The number of aliphatic hydroxyl groups excluding tert-OH is 1. The van der Waals surface area contributed by atoms with Crippen molar-refractivity contribution in [2.45, 2.75) is 50.5 Å². The number of rotatable bonds is 2. The molecule has 1 spiro atoms. The van der Waals surface area contributed by atoms with E-state index in [1.807, 2.05) is 26.8 Å². The molecule has 4 rings (SSSR count). The number of carbonyl (C=O) groups is 3. The molecule has 8 nitrogen and oxygen atoms in total. The van der Waals surface area contributed by atoms with Crippen LogP contribution in [0.25, 0.3) is 0 Å². The molecule has 0 aromatic rings. The molecule has 0 radical (unpaired) electrons. The van der Waals surface area contributed by atoms with Crippen molar-refractivity contribution >= 4 is 17.8 Å². The predicted octanol–water partition coefficient (Wildman–Crippen LogP) is 0.260. The van der Waals surface area contributed by atoms with E-state index in [4.69, 9.17) is 9.47 Å². The maximum absolute atomic E-state index is 13.7. The first kappa shape index (κ1) is 20.1. The Hall–Kier alpha value is -2.19. The van der Waals surface area contributed by atoms with Crippen molar-refractivity contribution < 1.29 is 29.0 Å². The summed E-state index contributed by atoms with van der Waals surface area (Å²) in [5.74, 6) is -2.86. The van der Waals surface area contributed by atoms with Crippen LogP contribution < -0.4 is 0 Å². The van der Waals surface area contributed by atoms with Gasteiger partial charge >= 0.3 is 5.97 Å². The Labute approximate surface area is 170 Å². The van der Waals surface area contributed by atoms with Crippen LogP contribution in [0.4, 0.5) is 0 Å². The molecule has 4 heterocycles. The fourth-order valence-corrected chi connectivity index (χ4v) is 5.31. The van der Waals surface area contributed by atoms with Crippen LogP contribution in [0.1, 0.15) is 27.7 Å². The highest BCUT2D eigenvalue weighted by Crippen LogP contribution is 2.57. The van der Waals surface area contributed by atoms with Gasteiger partial charge in [0, 0.05) is 18.6 Å². The molecule has 158 valence electrons. The number of ether oxygens (including phenoxy) is 2. The lowest BCUT2D eigenvalue weighted by molar-refractivity contribution is -0.159. The van der Waals surface area contributed by atoms with Gasteiger partial charge < -0.3 is 24.4 Å². The summed E-state index contributed by atoms with van der Waals surface area (Å²) < 4.78 is 11.8. The molecule has 5 atom stereocenters. The van der Waals surface area contributed by atoms with Crippen LogP contribution in [0.5, 0.6) is 0 Å². The Bertz CT molecular complexity index is 814. The molecular weight excluding hydrogens is 376 g/mol. The first-order valence-electron chi connectivity index (χ1n) is 10.0. The van der Waals surface area contributed by atoms with Crippen molar-refractivity contribution in [1.82, 2.24) is 9.80 Å². The molecule has 0 saturated carbocycles. The summed E-state index contributed by atoms with van der Waals surface area (Å²) in [6, 6.07) is -0.949. The Kier molecular flexibility index (Phi) is 4.44. The number of likely N-dealkylation sites (tertiary alicyclic amines) is 1. The molecule has 4 aliphatic rings. The zero-order valence-electron chi connectivity index (χ0n) is 17.3. The minimum Gasteiger partial charge on any atom is -0.461 e. The van der Waals surface area contributed by atoms with Gasteiger partial charge in [-0.3, -0.25) is 14.4 Å². The second-order valence-electron chi connectivity index (χ2n) is 9.31. The van der Waals surface area contributed by atoms with Crippen LogP contribution in [-0.2, 0) is 23.9 Å². The molecule has 0 aromatic carbocycles. The summed E-state index contributed by atoms with van der Waals surface area (Å²) in [7, 11) is 0. The van der Waals surface area contributed by atoms with Gasteiger partial charge in [-0.15, -0.1) is 0 Å². The van der Waals surface area contributed by atoms with Gasteiger partial charge in [0.15, 0.2) is 0 Å². The fraction of sp³-hybridized carbons (Fsp3) is 0.667. The monoisotopic (exact) mass is 404 g/mol. The Morgan fingerprint density at radius 1 is 1.14 bits per heavy atom. The zero-order chi connectivity index (χ0) is 21.2. The summed E-state index contributed by atoms with van der Waals surface area (Å²) in [6.45, 7) is 7.77. The van der Waals surface area contributed by atoms with Gasteiger partial charge in [0.1, 0.15) is 24.2 Å². The molecule has 0 aliphatic carbocycles. The topological polar surface area (TPSA) is 96.4 Å². The second-order valence-corrected chi connectivity index (χ2v) is 9.31. The molecule has 1 unspecified atom stereocenters. The van der Waals surface area contributed by atoms with E-state index in [0.29, 0.717) is 6.54 Å². The Morgan fingerprint density at radius 3 is 2.52 bits per heavy atom. The zero-order valence-corrected chi connectivity index (χ0v) is 17.3. The van der Waals surface area contributed by atoms with Crippen LogP contribution >= 0.6 is 0 Å². The highest BCUT2D eigenvalue weighted by molar-refractivity contribution is 5.99. The van der Waals surface area contributed by atoms with Crippen molar-refractivity contribution in [2.24, 2.45) is 11.8 Å². The Morgan fingerprint density at radius 2 is 1.86 bits per heavy atom. The first-order chi connectivity index (χ1) is 13.6. The summed E-state index contributed by atoms with van der Waals surface area (Å²) >= 11 is 0. The summed E-state index contributed by atoms with van der Waals surface area (Å²) in [4.78, 5) is 43.1. The number of fused-ring (bicyclic) bond motifs is 2.